The van der Waals surface area contributed by atoms with Crippen molar-refractivity contribution in [1.82, 2.24) is 9.80 Å². The summed E-state index contributed by atoms with van der Waals surface area (Å²) in [4.78, 5) is 19.8. The van der Waals surface area contributed by atoms with Gasteiger partial charge in [-0.2, -0.15) is 0 Å². The van der Waals surface area contributed by atoms with Crippen LogP contribution in [0.5, 0.6) is 0 Å². The molecule has 116 valence electrons. The first-order valence-corrected chi connectivity index (χ1v) is 8.04. The number of nitrogens with zero attached hydrogens (tertiary/aromatic N) is 3. The van der Waals surface area contributed by atoms with Crippen molar-refractivity contribution in [3.8, 4) is 0 Å². The van der Waals surface area contributed by atoms with Gasteiger partial charge in [-0.1, -0.05) is 19.9 Å². The summed E-state index contributed by atoms with van der Waals surface area (Å²) in [5.74, 6) is 0.586. The fourth-order valence-electron chi connectivity index (χ4n) is 3.20. The van der Waals surface area contributed by atoms with Gasteiger partial charge in [0, 0.05) is 43.8 Å². The maximum atomic E-state index is 10.8. The number of amides is 1. The molecule has 4 heteroatoms. The highest BCUT2D eigenvalue weighted by atomic mass is 16.1. The van der Waals surface area contributed by atoms with Crippen LogP contribution in [-0.4, -0.2) is 48.1 Å². The number of piperazine rings is 1. The minimum atomic E-state index is 0.586. The second kappa shape index (κ2) is 7.43. The van der Waals surface area contributed by atoms with Crippen molar-refractivity contribution in [2.75, 3.05) is 26.2 Å². The SMILES string of the molecule is CC/C=C/N=C1/CCC(C)/C1=C(/C)N1CCN(C=O)CC1. The molecule has 21 heavy (non-hydrogen) atoms. The fraction of sp³-hybridized carbons (Fsp3) is 0.647. The minimum Gasteiger partial charge on any atom is -0.371 e. The van der Waals surface area contributed by atoms with Gasteiger partial charge in [0.05, 0.1) is 0 Å². The van der Waals surface area contributed by atoms with Gasteiger partial charge in [-0.25, -0.2) is 0 Å². The van der Waals surface area contributed by atoms with E-state index in [-0.39, 0.29) is 0 Å². The molecule has 0 radical (unpaired) electrons. The number of rotatable bonds is 4. The number of allylic oxidation sites excluding steroid dienone is 3. The van der Waals surface area contributed by atoms with Crippen LogP contribution < -0.4 is 0 Å². The maximum Gasteiger partial charge on any atom is 0.209 e. The normalized spacial score (nSPS) is 27.8. The molecular formula is C17H27N3O. The molecule has 1 saturated heterocycles. The molecule has 2 aliphatic rings. The molecule has 2 fully saturated rings. The Morgan fingerprint density at radius 3 is 2.67 bits per heavy atom. The molecule has 1 atom stereocenters. The van der Waals surface area contributed by atoms with Crippen molar-refractivity contribution in [2.45, 2.75) is 40.0 Å². The van der Waals surface area contributed by atoms with Gasteiger partial charge in [0.1, 0.15) is 0 Å². The molecule has 1 aliphatic carbocycles. The largest absolute Gasteiger partial charge is 0.371 e. The Balaban J connectivity index is 2.16. The predicted molar refractivity (Wildman–Crippen MR) is 87.2 cm³/mol. The van der Waals surface area contributed by atoms with E-state index in [1.165, 1.54) is 23.4 Å². The van der Waals surface area contributed by atoms with Crippen LogP contribution in [0.25, 0.3) is 0 Å². The second-order valence-corrected chi connectivity index (χ2v) is 5.94. The van der Waals surface area contributed by atoms with Crippen LogP contribution in [0.4, 0.5) is 0 Å². The zero-order valence-electron chi connectivity index (χ0n) is 13.5. The van der Waals surface area contributed by atoms with Gasteiger partial charge in [-0.05, 0) is 37.7 Å². The van der Waals surface area contributed by atoms with E-state index in [1.54, 1.807) is 0 Å². The minimum absolute atomic E-state index is 0.586. The lowest BCUT2D eigenvalue weighted by atomic mass is 10.0. The summed E-state index contributed by atoms with van der Waals surface area (Å²) >= 11 is 0. The lowest BCUT2D eigenvalue weighted by molar-refractivity contribution is -0.119. The maximum absolute atomic E-state index is 10.8. The van der Waals surface area contributed by atoms with E-state index in [9.17, 15) is 4.79 Å². The number of hydrogen-bond donors (Lipinski definition) is 0. The smallest absolute Gasteiger partial charge is 0.209 e. The van der Waals surface area contributed by atoms with Gasteiger partial charge in [-0.3, -0.25) is 9.79 Å². The van der Waals surface area contributed by atoms with Crippen molar-refractivity contribution < 1.29 is 4.79 Å². The van der Waals surface area contributed by atoms with E-state index in [2.05, 4.69) is 36.7 Å². The van der Waals surface area contributed by atoms with Crippen LogP contribution in [0, 0.1) is 5.92 Å². The van der Waals surface area contributed by atoms with E-state index in [0.29, 0.717) is 5.92 Å². The number of hydrogen-bond acceptors (Lipinski definition) is 3. The first-order valence-electron chi connectivity index (χ1n) is 8.04. The van der Waals surface area contributed by atoms with Crippen LogP contribution in [0.1, 0.15) is 40.0 Å². The molecule has 0 spiro atoms. The van der Waals surface area contributed by atoms with Crippen LogP contribution in [0.2, 0.25) is 0 Å². The summed E-state index contributed by atoms with van der Waals surface area (Å²) in [6.07, 6.45) is 8.31. The zero-order chi connectivity index (χ0) is 15.2. The number of carbonyl (C=O) groups excluding carboxylic acids is 1. The highest BCUT2D eigenvalue weighted by molar-refractivity contribution is 6.03. The quantitative estimate of drug-likeness (QED) is 0.746. The Morgan fingerprint density at radius 1 is 1.33 bits per heavy atom. The molecule has 0 aromatic rings. The van der Waals surface area contributed by atoms with Crippen molar-refractivity contribution in [3.63, 3.8) is 0 Å². The number of aliphatic imine (C=N–C) groups is 1. The van der Waals surface area contributed by atoms with Gasteiger partial charge < -0.3 is 9.80 Å². The Kier molecular flexibility index (Phi) is 5.59. The van der Waals surface area contributed by atoms with Gasteiger partial charge >= 0.3 is 0 Å². The fourth-order valence-corrected chi connectivity index (χ4v) is 3.20. The van der Waals surface area contributed by atoms with E-state index in [1.807, 2.05) is 11.1 Å². The highest BCUT2D eigenvalue weighted by Crippen LogP contribution is 2.32. The molecule has 1 unspecified atom stereocenters. The molecule has 0 aromatic carbocycles. The molecule has 1 aliphatic heterocycles. The predicted octanol–water partition coefficient (Wildman–Crippen LogP) is 2.83. The summed E-state index contributed by atoms with van der Waals surface area (Å²) in [6, 6.07) is 0. The summed E-state index contributed by atoms with van der Waals surface area (Å²) in [6.45, 7) is 10.1. The lowest BCUT2D eigenvalue weighted by Gasteiger charge is -2.36. The standard InChI is InChI=1S/C17H27N3O/c1-4-5-8-18-16-7-6-14(2)17(16)15(3)20-11-9-19(13-21)10-12-20/h5,8,13-14H,4,6-7,9-12H2,1-3H3/b8-5+,17-15+,18-16-. The molecule has 4 nitrogen and oxygen atoms in total. The average molecular weight is 289 g/mol. The van der Waals surface area contributed by atoms with E-state index in [0.717, 1.165) is 45.4 Å². The Morgan fingerprint density at radius 2 is 2.05 bits per heavy atom. The third-order valence-corrected chi connectivity index (χ3v) is 4.52. The van der Waals surface area contributed by atoms with Gasteiger partial charge in [0.25, 0.3) is 0 Å². The van der Waals surface area contributed by atoms with Crippen LogP contribution in [-0.2, 0) is 4.79 Å². The van der Waals surface area contributed by atoms with E-state index >= 15 is 0 Å². The summed E-state index contributed by atoms with van der Waals surface area (Å²) in [5, 5.41) is 0. The van der Waals surface area contributed by atoms with E-state index in [4.69, 9.17) is 0 Å². The van der Waals surface area contributed by atoms with Crippen LogP contribution >= 0.6 is 0 Å². The first kappa shape index (κ1) is 15.8. The van der Waals surface area contributed by atoms with Gasteiger partial charge in [0.15, 0.2) is 0 Å². The Hall–Kier alpha value is -1.58. The van der Waals surface area contributed by atoms with Crippen LogP contribution in [0.3, 0.4) is 0 Å². The molecule has 0 N–H and O–H groups in total. The lowest BCUT2D eigenvalue weighted by Crippen LogP contribution is -2.45. The number of carbonyl (C=O) groups is 1. The van der Waals surface area contributed by atoms with Crippen molar-refractivity contribution >= 4 is 12.1 Å². The first-order chi connectivity index (χ1) is 10.2. The third-order valence-electron chi connectivity index (χ3n) is 4.52. The Labute approximate surface area is 128 Å². The van der Waals surface area contributed by atoms with E-state index < -0.39 is 0 Å². The molecule has 0 bridgehead atoms. The van der Waals surface area contributed by atoms with Crippen LogP contribution in [0.15, 0.2) is 28.5 Å². The molecule has 2 rings (SSSR count). The molecule has 0 aromatic heterocycles. The Bertz CT molecular complexity index is 457. The molecule has 1 amide bonds. The topological polar surface area (TPSA) is 35.9 Å². The monoisotopic (exact) mass is 289 g/mol. The summed E-state index contributed by atoms with van der Waals surface area (Å²) < 4.78 is 0. The molecule has 1 heterocycles. The zero-order valence-corrected chi connectivity index (χ0v) is 13.5. The van der Waals surface area contributed by atoms with Crippen molar-refractivity contribution in [3.05, 3.63) is 23.5 Å². The molecular weight excluding hydrogens is 262 g/mol. The average Bonchev–Trinajstić information content (AvgIpc) is 2.88. The summed E-state index contributed by atoms with van der Waals surface area (Å²) in [5.41, 5.74) is 4.03. The highest BCUT2D eigenvalue weighted by Gasteiger charge is 2.27. The third kappa shape index (κ3) is 3.74. The van der Waals surface area contributed by atoms with Gasteiger partial charge in [0.2, 0.25) is 6.41 Å². The van der Waals surface area contributed by atoms with Gasteiger partial charge in [-0.15, -0.1) is 0 Å². The summed E-state index contributed by atoms with van der Waals surface area (Å²) in [7, 11) is 0. The van der Waals surface area contributed by atoms with Crippen molar-refractivity contribution in [2.24, 2.45) is 10.9 Å². The molecule has 1 saturated carbocycles. The second-order valence-electron chi connectivity index (χ2n) is 5.94. The van der Waals surface area contributed by atoms with Crippen molar-refractivity contribution in [1.29, 1.82) is 0 Å².